The second-order valence-electron chi connectivity index (χ2n) is 6.75. The van der Waals surface area contributed by atoms with Gasteiger partial charge in [0.1, 0.15) is 17.4 Å². The summed E-state index contributed by atoms with van der Waals surface area (Å²) in [5, 5.41) is 0.776. The third-order valence-electron chi connectivity index (χ3n) is 4.82. The van der Waals surface area contributed by atoms with Gasteiger partial charge in [0.2, 0.25) is 5.91 Å². The summed E-state index contributed by atoms with van der Waals surface area (Å²) in [6.45, 7) is 2.92. The molecule has 2 amide bonds. The number of rotatable bonds is 6. The second-order valence-corrected chi connectivity index (χ2v) is 6.75. The Kier molecular flexibility index (Phi) is 5.78. The van der Waals surface area contributed by atoms with Crippen LogP contribution in [0.4, 0.5) is 0 Å². The molecule has 1 fully saturated rings. The third-order valence-corrected chi connectivity index (χ3v) is 4.82. The summed E-state index contributed by atoms with van der Waals surface area (Å²) < 4.78 is 10.7. The number of benzene rings is 1. The fourth-order valence-corrected chi connectivity index (χ4v) is 3.25. The molecule has 1 aromatic carbocycles. The first-order valence-corrected chi connectivity index (χ1v) is 9.20. The number of fused-ring (bicyclic) bond motifs is 1. The van der Waals surface area contributed by atoms with E-state index in [0.29, 0.717) is 30.8 Å². The van der Waals surface area contributed by atoms with Gasteiger partial charge < -0.3 is 19.0 Å². The highest BCUT2D eigenvalue weighted by Crippen LogP contribution is 2.20. The van der Waals surface area contributed by atoms with Crippen molar-refractivity contribution >= 4 is 22.8 Å². The molecule has 1 aromatic heterocycles. The highest BCUT2D eigenvalue weighted by molar-refractivity contribution is 5.89. The van der Waals surface area contributed by atoms with E-state index in [1.54, 1.807) is 41.1 Å². The van der Waals surface area contributed by atoms with Crippen molar-refractivity contribution in [3.8, 4) is 5.75 Å². The maximum Gasteiger partial charge on any atom is 0.336 e. The minimum atomic E-state index is -0.439. The number of hydrogen-bond donors (Lipinski definition) is 0. The summed E-state index contributed by atoms with van der Waals surface area (Å²) in [6, 6.07) is 7.68. The quantitative estimate of drug-likeness (QED) is 0.725. The Morgan fingerprint density at radius 1 is 1.22 bits per heavy atom. The molecule has 7 nitrogen and oxygen atoms in total. The molecule has 0 saturated carbocycles. The van der Waals surface area contributed by atoms with Crippen molar-refractivity contribution in [2.24, 2.45) is 0 Å². The SMILES string of the molecule is CCCCC1C(=O)N(C)CCN1C(=O)COc1ccc2ccc(=O)oc2c1. The van der Waals surface area contributed by atoms with Gasteiger partial charge in [-0.05, 0) is 24.6 Å². The average Bonchev–Trinajstić information content (AvgIpc) is 2.66. The van der Waals surface area contributed by atoms with Gasteiger partial charge in [-0.1, -0.05) is 19.8 Å². The smallest absolute Gasteiger partial charge is 0.336 e. The van der Waals surface area contributed by atoms with Crippen molar-refractivity contribution in [3.63, 3.8) is 0 Å². The lowest BCUT2D eigenvalue weighted by Gasteiger charge is -2.39. The minimum Gasteiger partial charge on any atom is -0.484 e. The summed E-state index contributed by atoms with van der Waals surface area (Å²) in [4.78, 5) is 39.8. The zero-order valence-electron chi connectivity index (χ0n) is 15.6. The van der Waals surface area contributed by atoms with Crippen LogP contribution in [0.25, 0.3) is 11.0 Å². The molecular formula is C20H24N2O5. The van der Waals surface area contributed by atoms with Gasteiger partial charge in [0.25, 0.3) is 5.91 Å². The molecule has 1 aliphatic rings. The molecule has 0 spiro atoms. The number of nitrogens with zero attached hydrogens (tertiary/aromatic N) is 2. The monoisotopic (exact) mass is 372 g/mol. The number of hydrogen-bond acceptors (Lipinski definition) is 5. The Labute approximate surface area is 157 Å². The van der Waals surface area contributed by atoms with Crippen molar-refractivity contribution in [3.05, 3.63) is 40.8 Å². The fraction of sp³-hybridized carbons (Fsp3) is 0.450. The number of likely N-dealkylation sites (N-methyl/N-ethyl adjacent to an activating group) is 1. The lowest BCUT2D eigenvalue weighted by atomic mass is 10.0. The first kappa shape index (κ1) is 18.9. The largest absolute Gasteiger partial charge is 0.484 e. The van der Waals surface area contributed by atoms with Gasteiger partial charge in [-0.15, -0.1) is 0 Å². The molecule has 0 radical (unpaired) electrons. The van der Waals surface area contributed by atoms with E-state index in [2.05, 4.69) is 6.92 Å². The molecular weight excluding hydrogens is 348 g/mol. The van der Waals surface area contributed by atoms with E-state index in [0.717, 1.165) is 18.2 Å². The molecule has 2 aromatic rings. The van der Waals surface area contributed by atoms with Crippen LogP contribution in [0.1, 0.15) is 26.2 Å². The minimum absolute atomic E-state index is 0.0180. The molecule has 144 valence electrons. The number of ether oxygens (including phenoxy) is 1. The van der Waals surface area contributed by atoms with Gasteiger partial charge in [-0.25, -0.2) is 4.79 Å². The van der Waals surface area contributed by atoms with Crippen LogP contribution in [0, 0.1) is 0 Å². The van der Waals surface area contributed by atoms with Gasteiger partial charge in [0, 0.05) is 37.7 Å². The Morgan fingerprint density at radius 2 is 2.00 bits per heavy atom. The Balaban J connectivity index is 1.68. The summed E-state index contributed by atoms with van der Waals surface area (Å²) in [5.74, 6) is 0.207. The highest BCUT2D eigenvalue weighted by atomic mass is 16.5. The van der Waals surface area contributed by atoms with Crippen LogP contribution in [0.15, 0.2) is 39.5 Å². The van der Waals surface area contributed by atoms with Crippen molar-refractivity contribution < 1.29 is 18.7 Å². The zero-order valence-corrected chi connectivity index (χ0v) is 15.6. The Bertz CT molecular complexity index is 891. The summed E-state index contributed by atoms with van der Waals surface area (Å²) in [5.41, 5.74) is -0.0338. The summed E-state index contributed by atoms with van der Waals surface area (Å²) >= 11 is 0. The number of unbranched alkanes of at least 4 members (excludes halogenated alkanes) is 1. The van der Waals surface area contributed by atoms with Crippen LogP contribution in [-0.2, 0) is 9.59 Å². The Morgan fingerprint density at radius 3 is 2.78 bits per heavy atom. The molecule has 0 aliphatic carbocycles. The molecule has 7 heteroatoms. The maximum absolute atomic E-state index is 12.7. The Hall–Kier alpha value is -2.83. The molecule has 0 N–H and O–H groups in total. The van der Waals surface area contributed by atoms with E-state index in [1.807, 2.05) is 0 Å². The van der Waals surface area contributed by atoms with Crippen LogP contribution >= 0.6 is 0 Å². The molecule has 0 bridgehead atoms. The molecule has 1 unspecified atom stereocenters. The van der Waals surface area contributed by atoms with Gasteiger partial charge in [-0.3, -0.25) is 9.59 Å². The predicted molar refractivity (Wildman–Crippen MR) is 101 cm³/mol. The number of amides is 2. The highest BCUT2D eigenvalue weighted by Gasteiger charge is 2.35. The molecule has 3 rings (SSSR count). The number of piperazine rings is 1. The van der Waals surface area contributed by atoms with Gasteiger partial charge >= 0.3 is 5.63 Å². The second kappa shape index (κ2) is 8.24. The van der Waals surface area contributed by atoms with Gasteiger partial charge in [0.15, 0.2) is 6.61 Å². The maximum atomic E-state index is 12.7. The van der Waals surface area contributed by atoms with Crippen LogP contribution in [0.2, 0.25) is 0 Å². The van der Waals surface area contributed by atoms with Crippen LogP contribution < -0.4 is 10.4 Å². The van der Waals surface area contributed by atoms with E-state index < -0.39 is 11.7 Å². The molecule has 1 atom stereocenters. The first-order chi connectivity index (χ1) is 13.0. The third kappa shape index (κ3) is 4.30. The van der Waals surface area contributed by atoms with E-state index in [9.17, 15) is 14.4 Å². The lowest BCUT2D eigenvalue weighted by molar-refractivity contribution is -0.151. The lowest BCUT2D eigenvalue weighted by Crippen LogP contribution is -2.58. The number of carbonyl (C=O) groups is 2. The average molecular weight is 372 g/mol. The normalized spacial score (nSPS) is 17.4. The van der Waals surface area contributed by atoms with E-state index in [1.165, 1.54) is 6.07 Å². The topological polar surface area (TPSA) is 80.1 Å². The first-order valence-electron chi connectivity index (χ1n) is 9.20. The van der Waals surface area contributed by atoms with Gasteiger partial charge in [-0.2, -0.15) is 0 Å². The molecule has 1 aliphatic heterocycles. The van der Waals surface area contributed by atoms with E-state index >= 15 is 0 Å². The van der Waals surface area contributed by atoms with Crippen LogP contribution in [-0.4, -0.2) is 54.4 Å². The van der Waals surface area contributed by atoms with Crippen molar-refractivity contribution in [2.75, 3.05) is 26.7 Å². The standard InChI is InChI=1S/C20H24N2O5/c1-3-4-5-16-20(25)21(2)10-11-22(16)18(23)13-26-15-8-6-14-7-9-19(24)27-17(14)12-15/h6-9,12,16H,3-5,10-11,13H2,1-2H3. The van der Waals surface area contributed by atoms with Gasteiger partial charge in [0.05, 0.1) is 0 Å². The van der Waals surface area contributed by atoms with Crippen molar-refractivity contribution in [1.82, 2.24) is 9.80 Å². The van der Waals surface area contributed by atoms with Crippen LogP contribution in [0.3, 0.4) is 0 Å². The molecule has 27 heavy (non-hydrogen) atoms. The van der Waals surface area contributed by atoms with Crippen LogP contribution in [0.5, 0.6) is 5.75 Å². The molecule has 1 saturated heterocycles. The van der Waals surface area contributed by atoms with Crippen molar-refractivity contribution in [2.45, 2.75) is 32.2 Å². The van der Waals surface area contributed by atoms with E-state index in [4.69, 9.17) is 9.15 Å². The summed E-state index contributed by atoms with van der Waals surface area (Å²) in [7, 11) is 1.77. The molecule has 2 heterocycles. The summed E-state index contributed by atoms with van der Waals surface area (Å²) in [6.07, 6.45) is 2.51. The fourth-order valence-electron chi connectivity index (χ4n) is 3.25. The van der Waals surface area contributed by atoms with Crippen molar-refractivity contribution in [1.29, 1.82) is 0 Å². The number of carbonyl (C=O) groups excluding carboxylic acids is 2. The predicted octanol–water partition coefficient (Wildman–Crippen LogP) is 2.03. The van der Waals surface area contributed by atoms with E-state index in [-0.39, 0.29) is 18.4 Å². The zero-order chi connectivity index (χ0) is 19.4.